The van der Waals surface area contributed by atoms with Gasteiger partial charge in [-0.25, -0.2) is 9.97 Å². The first kappa shape index (κ1) is 20.3. The first-order valence-electron chi connectivity index (χ1n) is 9.07. The van der Waals surface area contributed by atoms with Crippen LogP contribution in [0.4, 0.5) is 0 Å². The average molecular weight is 487 g/mol. The van der Waals surface area contributed by atoms with E-state index in [4.69, 9.17) is 23.2 Å². The van der Waals surface area contributed by atoms with Crippen LogP contribution in [0.5, 0.6) is 0 Å². The lowest BCUT2D eigenvalue weighted by Crippen LogP contribution is -2.22. The maximum Gasteiger partial charge on any atom is 0.268 e. The number of nitrogens with one attached hydrogen (secondary N) is 1. The van der Waals surface area contributed by atoms with Crippen molar-refractivity contribution >= 4 is 67.4 Å². The van der Waals surface area contributed by atoms with E-state index in [2.05, 4.69) is 15.0 Å². The number of hydrogen-bond acceptors (Lipinski definition) is 6. The fourth-order valence-corrected chi connectivity index (χ4v) is 5.08. The number of rotatable bonds is 4. The van der Waals surface area contributed by atoms with Crippen molar-refractivity contribution in [3.05, 3.63) is 90.5 Å². The van der Waals surface area contributed by atoms with Crippen molar-refractivity contribution in [1.29, 1.82) is 0 Å². The monoisotopic (exact) mass is 486 g/mol. The van der Waals surface area contributed by atoms with Crippen molar-refractivity contribution in [2.24, 2.45) is 0 Å². The maximum atomic E-state index is 13.3. The maximum absolute atomic E-state index is 13.3. The Balaban J connectivity index is 1.63. The van der Waals surface area contributed by atoms with Crippen molar-refractivity contribution in [2.75, 3.05) is 0 Å². The number of nitrogens with zero attached hydrogens (tertiary/aromatic N) is 3. The van der Waals surface area contributed by atoms with Crippen LogP contribution in [-0.4, -0.2) is 19.5 Å². The van der Waals surface area contributed by atoms with Gasteiger partial charge in [0.05, 0.1) is 27.9 Å². The lowest BCUT2D eigenvalue weighted by molar-refractivity contribution is 0.818. The van der Waals surface area contributed by atoms with Gasteiger partial charge in [0.1, 0.15) is 10.5 Å². The topological polar surface area (TPSA) is 80.6 Å². The summed E-state index contributed by atoms with van der Waals surface area (Å²) in [5, 5.41) is 3.80. The van der Waals surface area contributed by atoms with E-state index >= 15 is 0 Å². The van der Waals surface area contributed by atoms with Crippen LogP contribution >= 0.6 is 46.3 Å². The molecule has 2 aromatic carbocycles. The molecule has 154 valence electrons. The van der Waals surface area contributed by atoms with Crippen LogP contribution in [0.15, 0.2) is 68.7 Å². The molecule has 5 aromatic rings. The molecule has 3 heterocycles. The zero-order chi connectivity index (χ0) is 21.5. The van der Waals surface area contributed by atoms with Gasteiger partial charge >= 0.3 is 0 Å². The van der Waals surface area contributed by atoms with E-state index in [9.17, 15) is 9.59 Å². The SMILES string of the molecule is O=c1[nH]c(CSc2nc3cc(Cl)ccc3c(=O)n2-c2ccc(Cl)cc2)nc2ccsc12. The van der Waals surface area contributed by atoms with Gasteiger partial charge in [0.25, 0.3) is 11.1 Å². The smallest absolute Gasteiger partial charge is 0.268 e. The first-order chi connectivity index (χ1) is 15.0. The highest BCUT2D eigenvalue weighted by Crippen LogP contribution is 2.26. The summed E-state index contributed by atoms with van der Waals surface area (Å²) < 4.78 is 2.11. The fourth-order valence-electron chi connectivity index (χ4n) is 3.18. The summed E-state index contributed by atoms with van der Waals surface area (Å²) in [6, 6.07) is 13.7. The van der Waals surface area contributed by atoms with E-state index in [1.807, 2.05) is 11.4 Å². The van der Waals surface area contributed by atoms with Crippen LogP contribution in [0, 0.1) is 0 Å². The molecule has 0 aliphatic heterocycles. The second-order valence-electron chi connectivity index (χ2n) is 6.61. The van der Waals surface area contributed by atoms with Gasteiger partial charge < -0.3 is 4.98 Å². The number of thiophene rings is 1. The molecule has 0 radical (unpaired) electrons. The molecular formula is C21H12Cl2N4O2S2. The van der Waals surface area contributed by atoms with Crippen molar-refractivity contribution in [3.63, 3.8) is 0 Å². The second-order valence-corrected chi connectivity index (χ2v) is 9.34. The Hall–Kier alpha value is -2.65. The third-order valence-corrected chi connectivity index (χ3v) is 6.93. The highest BCUT2D eigenvalue weighted by molar-refractivity contribution is 7.98. The molecule has 10 heteroatoms. The third kappa shape index (κ3) is 3.87. The Bertz CT molecular complexity index is 1560. The predicted molar refractivity (Wildman–Crippen MR) is 127 cm³/mol. The zero-order valence-electron chi connectivity index (χ0n) is 15.6. The minimum absolute atomic E-state index is 0.177. The molecule has 0 aliphatic carbocycles. The molecule has 0 unspecified atom stereocenters. The summed E-state index contributed by atoms with van der Waals surface area (Å²) in [5.41, 5.74) is 1.39. The molecule has 0 saturated carbocycles. The van der Waals surface area contributed by atoms with E-state index < -0.39 is 0 Å². The quantitative estimate of drug-likeness (QED) is 0.276. The van der Waals surface area contributed by atoms with E-state index in [0.29, 0.717) is 53.6 Å². The standard InChI is InChI=1S/C21H12Cl2N4O2S2/c22-11-1-4-13(5-2-11)27-20(29)14-6-3-12(23)9-16(14)25-21(27)31-10-17-24-15-7-8-30-18(15)19(28)26-17/h1-9H,10H2,(H,24,26,28). The van der Waals surface area contributed by atoms with Crippen LogP contribution in [0.1, 0.15) is 5.82 Å². The lowest BCUT2D eigenvalue weighted by Gasteiger charge is -2.13. The average Bonchev–Trinajstić information content (AvgIpc) is 3.22. The molecule has 0 saturated heterocycles. The number of halogens is 2. The zero-order valence-corrected chi connectivity index (χ0v) is 18.8. The van der Waals surface area contributed by atoms with Gasteiger partial charge in [0, 0.05) is 10.0 Å². The van der Waals surface area contributed by atoms with Gasteiger partial charge in [-0.05, 0) is 53.9 Å². The number of thioether (sulfide) groups is 1. The summed E-state index contributed by atoms with van der Waals surface area (Å²) >= 11 is 14.8. The normalized spacial score (nSPS) is 11.4. The third-order valence-electron chi connectivity index (χ3n) is 4.59. The molecule has 6 nitrogen and oxygen atoms in total. The van der Waals surface area contributed by atoms with Gasteiger partial charge in [-0.15, -0.1) is 11.3 Å². The number of aromatic amines is 1. The predicted octanol–water partition coefficient (Wildman–Crippen LogP) is 5.28. The van der Waals surface area contributed by atoms with Gasteiger partial charge in [0.15, 0.2) is 5.16 Å². The molecule has 31 heavy (non-hydrogen) atoms. The van der Waals surface area contributed by atoms with E-state index in [0.717, 1.165) is 0 Å². The van der Waals surface area contributed by atoms with Crippen LogP contribution < -0.4 is 11.1 Å². The summed E-state index contributed by atoms with van der Waals surface area (Å²) in [5.74, 6) is 0.830. The molecular weight excluding hydrogens is 475 g/mol. The van der Waals surface area contributed by atoms with Crippen LogP contribution in [0.25, 0.3) is 26.8 Å². The highest BCUT2D eigenvalue weighted by Gasteiger charge is 2.15. The molecule has 0 bridgehead atoms. The number of aromatic nitrogens is 4. The molecule has 0 aliphatic rings. The largest absolute Gasteiger partial charge is 0.309 e. The summed E-state index contributed by atoms with van der Waals surface area (Å²) in [6.07, 6.45) is 0. The molecule has 3 aromatic heterocycles. The lowest BCUT2D eigenvalue weighted by atomic mass is 10.2. The van der Waals surface area contributed by atoms with E-state index in [-0.39, 0.29) is 11.1 Å². The molecule has 0 fully saturated rings. The second kappa shape index (κ2) is 8.12. The Morgan fingerprint density at radius 1 is 0.968 bits per heavy atom. The van der Waals surface area contributed by atoms with Gasteiger partial charge in [-0.2, -0.15) is 0 Å². The Kier molecular flexibility index (Phi) is 5.31. The highest BCUT2D eigenvalue weighted by atomic mass is 35.5. The molecule has 0 amide bonds. The number of hydrogen-bond donors (Lipinski definition) is 1. The van der Waals surface area contributed by atoms with Crippen molar-refractivity contribution in [3.8, 4) is 5.69 Å². The first-order valence-corrected chi connectivity index (χ1v) is 11.7. The molecule has 0 atom stereocenters. The van der Waals surface area contributed by atoms with Gasteiger partial charge in [-0.1, -0.05) is 35.0 Å². The fraction of sp³-hybridized carbons (Fsp3) is 0.0476. The van der Waals surface area contributed by atoms with Crippen LogP contribution in [0.3, 0.4) is 0 Å². The number of H-pyrrole nitrogens is 1. The summed E-state index contributed by atoms with van der Waals surface area (Å²) in [7, 11) is 0. The molecule has 0 spiro atoms. The van der Waals surface area contributed by atoms with Crippen molar-refractivity contribution in [2.45, 2.75) is 10.9 Å². The molecule has 1 N–H and O–H groups in total. The van der Waals surface area contributed by atoms with Crippen LogP contribution in [0.2, 0.25) is 10.0 Å². The van der Waals surface area contributed by atoms with E-state index in [1.54, 1.807) is 42.5 Å². The van der Waals surface area contributed by atoms with Crippen molar-refractivity contribution in [1.82, 2.24) is 19.5 Å². The van der Waals surface area contributed by atoms with Crippen molar-refractivity contribution < 1.29 is 0 Å². The van der Waals surface area contributed by atoms with Gasteiger partial charge in [-0.3, -0.25) is 14.2 Å². The Labute approximate surface area is 193 Å². The molecule has 5 rings (SSSR count). The summed E-state index contributed by atoms with van der Waals surface area (Å²) in [4.78, 5) is 37.6. The van der Waals surface area contributed by atoms with Gasteiger partial charge in [0.2, 0.25) is 0 Å². The Morgan fingerprint density at radius 2 is 1.74 bits per heavy atom. The Morgan fingerprint density at radius 3 is 2.55 bits per heavy atom. The summed E-state index contributed by atoms with van der Waals surface area (Å²) in [6.45, 7) is 0. The van der Waals surface area contributed by atoms with E-state index in [1.165, 1.54) is 27.7 Å². The number of fused-ring (bicyclic) bond motifs is 2. The number of benzene rings is 2. The minimum Gasteiger partial charge on any atom is -0.309 e. The minimum atomic E-state index is -0.221. The van der Waals surface area contributed by atoms with Crippen LogP contribution in [-0.2, 0) is 5.75 Å².